The molecule has 2 atom stereocenters. The van der Waals surface area contributed by atoms with Gasteiger partial charge in [0, 0.05) is 36.2 Å². The molecule has 7 heteroatoms. The number of nitrogens with one attached hydrogen (secondary N) is 1. The molecule has 1 saturated heterocycles. The number of hydrogen-bond donors (Lipinski definition) is 2. The average molecular weight is 427 g/mol. The van der Waals surface area contributed by atoms with E-state index in [1.165, 1.54) is 5.69 Å². The summed E-state index contributed by atoms with van der Waals surface area (Å²) in [5.74, 6) is 1.63. The number of nitrogens with zero attached hydrogens (tertiary/aromatic N) is 3. The average Bonchev–Trinajstić information content (AvgIpc) is 2.75. The topological polar surface area (TPSA) is 79.7 Å². The summed E-state index contributed by atoms with van der Waals surface area (Å²) in [6.07, 6.45) is 5.85. The Kier molecular flexibility index (Phi) is 6.92. The number of aliphatic hydroxyl groups excluding tert-OH is 1. The maximum absolute atomic E-state index is 9.67. The molecule has 0 bridgehead atoms. The van der Waals surface area contributed by atoms with Gasteiger partial charge in [-0.15, -0.1) is 0 Å². The largest absolute Gasteiger partial charge is 0.477 e. The second kappa shape index (κ2) is 9.83. The Morgan fingerprint density at radius 2 is 1.77 bits per heavy atom. The van der Waals surface area contributed by atoms with Gasteiger partial charge < -0.3 is 24.8 Å². The summed E-state index contributed by atoms with van der Waals surface area (Å²) in [5, 5.41) is 13.0. The van der Waals surface area contributed by atoms with Gasteiger partial charge in [0.05, 0.1) is 24.9 Å². The second-order valence-electron chi connectivity index (χ2n) is 9.00. The van der Waals surface area contributed by atoms with Gasteiger partial charge in [-0.1, -0.05) is 0 Å². The number of anilines is 3. The Bertz CT molecular complexity index is 842. The highest BCUT2D eigenvalue weighted by Crippen LogP contribution is 2.27. The van der Waals surface area contributed by atoms with Gasteiger partial charge in [-0.2, -0.15) is 4.98 Å². The summed E-state index contributed by atoms with van der Waals surface area (Å²) in [5.41, 5.74) is 3.06. The van der Waals surface area contributed by atoms with E-state index < -0.39 is 0 Å². The van der Waals surface area contributed by atoms with E-state index in [0.717, 1.165) is 50.0 Å². The van der Waals surface area contributed by atoms with Crippen molar-refractivity contribution in [2.24, 2.45) is 5.92 Å². The van der Waals surface area contributed by atoms with Crippen LogP contribution < -0.4 is 15.0 Å². The minimum atomic E-state index is -0.144. The summed E-state index contributed by atoms with van der Waals surface area (Å²) in [4.78, 5) is 11.3. The van der Waals surface area contributed by atoms with Gasteiger partial charge in [0.25, 0.3) is 0 Å². The monoisotopic (exact) mass is 426 g/mol. The predicted molar refractivity (Wildman–Crippen MR) is 122 cm³/mol. The predicted octanol–water partition coefficient (Wildman–Crippen LogP) is 4.07. The molecule has 1 aliphatic carbocycles. The number of rotatable bonds is 6. The number of hydrogen-bond acceptors (Lipinski definition) is 7. The summed E-state index contributed by atoms with van der Waals surface area (Å²) in [6, 6.07) is 8.35. The molecule has 0 radical (unpaired) electrons. The fourth-order valence-corrected chi connectivity index (χ4v) is 4.41. The molecule has 0 spiro atoms. The highest BCUT2D eigenvalue weighted by Gasteiger charge is 2.22. The third kappa shape index (κ3) is 5.86. The van der Waals surface area contributed by atoms with E-state index in [9.17, 15) is 5.11 Å². The molecule has 1 saturated carbocycles. The molecule has 2 aliphatic rings. The third-order valence-corrected chi connectivity index (χ3v) is 6.11. The van der Waals surface area contributed by atoms with Crippen LogP contribution in [0.25, 0.3) is 0 Å². The third-order valence-electron chi connectivity index (χ3n) is 6.11. The van der Waals surface area contributed by atoms with Gasteiger partial charge in [0.15, 0.2) is 0 Å². The van der Waals surface area contributed by atoms with Gasteiger partial charge >= 0.3 is 0 Å². The summed E-state index contributed by atoms with van der Waals surface area (Å²) in [6.45, 7) is 8.63. The molecule has 1 aromatic carbocycles. The van der Waals surface area contributed by atoms with E-state index in [1.54, 1.807) is 6.20 Å². The number of morpholine rings is 1. The van der Waals surface area contributed by atoms with Gasteiger partial charge in [-0.3, -0.25) is 0 Å². The quantitative estimate of drug-likeness (QED) is 0.721. The first kappa shape index (κ1) is 21.8. The van der Waals surface area contributed by atoms with Crippen LogP contribution in [0.5, 0.6) is 5.88 Å². The molecule has 168 valence electrons. The molecular weight excluding hydrogens is 392 g/mol. The van der Waals surface area contributed by atoms with Crippen LogP contribution >= 0.6 is 0 Å². The van der Waals surface area contributed by atoms with E-state index in [0.29, 0.717) is 24.4 Å². The Balaban J connectivity index is 1.36. The van der Waals surface area contributed by atoms with Crippen molar-refractivity contribution in [2.45, 2.75) is 64.8 Å². The van der Waals surface area contributed by atoms with E-state index in [4.69, 9.17) is 9.47 Å². The zero-order valence-electron chi connectivity index (χ0n) is 18.8. The lowest BCUT2D eigenvalue weighted by atomic mass is 9.88. The molecule has 4 rings (SSSR count). The van der Waals surface area contributed by atoms with Crippen molar-refractivity contribution in [3.05, 3.63) is 36.0 Å². The number of aromatic nitrogens is 2. The smallest absolute Gasteiger partial charge is 0.230 e. The fourth-order valence-electron chi connectivity index (χ4n) is 4.41. The van der Waals surface area contributed by atoms with Crippen LogP contribution in [-0.4, -0.2) is 53.1 Å². The van der Waals surface area contributed by atoms with Gasteiger partial charge in [0.1, 0.15) is 0 Å². The zero-order chi connectivity index (χ0) is 21.8. The standard InChI is InChI=1S/C24H34N4O3/c1-16-12-25-24(27-23(16)30-15-19-4-10-22(29)11-5-19)26-20-6-8-21(9-7-20)28-13-17(2)31-18(3)14-28/h6-9,12,17-19,22,29H,4-5,10-11,13-15H2,1-3H3,(H,25,26,27)/t17-,18+,19?,22?. The van der Waals surface area contributed by atoms with Crippen molar-refractivity contribution in [3.8, 4) is 5.88 Å². The molecular formula is C24H34N4O3. The van der Waals surface area contributed by atoms with Crippen molar-refractivity contribution in [1.82, 2.24) is 9.97 Å². The minimum Gasteiger partial charge on any atom is -0.477 e. The SMILES string of the molecule is Cc1cnc(Nc2ccc(N3C[C@@H](C)O[C@@H](C)C3)cc2)nc1OCC1CCC(O)CC1. The first-order valence-electron chi connectivity index (χ1n) is 11.4. The summed E-state index contributed by atoms with van der Waals surface area (Å²) >= 11 is 0. The van der Waals surface area contributed by atoms with E-state index in [1.807, 2.05) is 6.92 Å². The molecule has 1 aromatic heterocycles. The lowest BCUT2D eigenvalue weighted by Crippen LogP contribution is -2.45. The van der Waals surface area contributed by atoms with Gasteiger partial charge in [-0.25, -0.2) is 4.98 Å². The molecule has 2 heterocycles. The molecule has 2 aromatic rings. The summed E-state index contributed by atoms with van der Waals surface area (Å²) < 4.78 is 11.8. The zero-order valence-corrected chi connectivity index (χ0v) is 18.8. The van der Waals surface area contributed by atoms with E-state index >= 15 is 0 Å². The molecule has 2 N–H and O–H groups in total. The van der Waals surface area contributed by atoms with E-state index in [-0.39, 0.29) is 18.3 Å². The molecule has 2 fully saturated rings. The maximum Gasteiger partial charge on any atom is 0.230 e. The first-order chi connectivity index (χ1) is 15.0. The second-order valence-corrected chi connectivity index (χ2v) is 9.00. The fraction of sp³-hybridized carbons (Fsp3) is 0.583. The highest BCUT2D eigenvalue weighted by molar-refractivity contribution is 5.59. The molecule has 0 unspecified atom stereocenters. The molecule has 0 amide bonds. The highest BCUT2D eigenvalue weighted by atomic mass is 16.5. The van der Waals surface area contributed by atoms with Crippen LogP contribution in [0.15, 0.2) is 30.5 Å². The van der Waals surface area contributed by atoms with Gasteiger partial charge in [0.2, 0.25) is 11.8 Å². The Hall–Kier alpha value is -2.38. The van der Waals surface area contributed by atoms with Crippen LogP contribution in [0.2, 0.25) is 0 Å². The van der Waals surface area contributed by atoms with Crippen molar-refractivity contribution in [3.63, 3.8) is 0 Å². The lowest BCUT2D eigenvalue weighted by molar-refractivity contribution is -0.00521. The number of aryl methyl sites for hydroxylation is 1. The number of benzene rings is 1. The Labute approximate surface area is 184 Å². The molecule has 31 heavy (non-hydrogen) atoms. The van der Waals surface area contributed by atoms with Crippen LogP contribution in [-0.2, 0) is 4.74 Å². The van der Waals surface area contributed by atoms with Crippen LogP contribution in [0, 0.1) is 12.8 Å². The number of ether oxygens (including phenoxy) is 2. The number of aliphatic hydroxyl groups is 1. The van der Waals surface area contributed by atoms with Crippen LogP contribution in [0.1, 0.15) is 45.1 Å². The minimum absolute atomic E-state index is 0.144. The Morgan fingerprint density at radius 3 is 2.45 bits per heavy atom. The Morgan fingerprint density at radius 1 is 1.10 bits per heavy atom. The van der Waals surface area contributed by atoms with Crippen molar-refractivity contribution >= 4 is 17.3 Å². The molecule has 7 nitrogen and oxygen atoms in total. The van der Waals surface area contributed by atoms with E-state index in [2.05, 4.69) is 58.3 Å². The summed E-state index contributed by atoms with van der Waals surface area (Å²) in [7, 11) is 0. The first-order valence-corrected chi connectivity index (χ1v) is 11.4. The molecule has 1 aliphatic heterocycles. The van der Waals surface area contributed by atoms with Crippen LogP contribution in [0.4, 0.5) is 17.3 Å². The van der Waals surface area contributed by atoms with Crippen molar-refractivity contribution < 1.29 is 14.6 Å². The van der Waals surface area contributed by atoms with Crippen molar-refractivity contribution in [1.29, 1.82) is 0 Å². The normalized spacial score (nSPS) is 26.5. The van der Waals surface area contributed by atoms with Crippen LogP contribution in [0.3, 0.4) is 0 Å². The lowest BCUT2D eigenvalue weighted by Gasteiger charge is -2.36. The van der Waals surface area contributed by atoms with Gasteiger partial charge in [-0.05, 0) is 76.6 Å². The maximum atomic E-state index is 9.67. The van der Waals surface area contributed by atoms with Crippen molar-refractivity contribution in [2.75, 3.05) is 29.9 Å².